The first kappa shape index (κ1) is 12.6. The summed E-state index contributed by atoms with van der Waals surface area (Å²) in [6, 6.07) is 5.79. The Morgan fingerprint density at radius 1 is 1.33 bits per heavy atom. The monoisotopic (exact) mass is 246 g/mol. The summed E-state index contributed by atoms with van der Waals surface area (Å²) < 4.78 is 11.1. The van der Waals surface area contributed by atoms with Crippen LogP contribution in [0.3, 0.4) is 0 Å². The van der Waals surface area contributed by atoms with E-state index >= 15 is 0 Å². The van der Waals surface area contributed by atoms with E-state index in [4.69, 9.17) is 9.15 Å². The molecule has 1 unspecified atom stereocenters. The van der Waals surface area contributed by atoms with E-state index in [0.717, 1.165) is 17.1 Å². The van der Waals surface area contributed by atoms with Crippen LogP contribution in [0.4, 0.5) is 0 Å². The van der Waals surface area contributed by atoms with E-state index in [1.807, 2.05) is 45.3 Å². The largest absolute Gasteiger partial charge is 0.489 e. The smallest absolute Gasteiger partial charge is 0.138 e. The van der Waals surface area contributed by atoms with Gasteiger partial charge < -0.3 is 14.5 Å². The molecule has 0 saturated carbocycles. The van der Waals surface area contributed by atoms with Crippen LogP contribution in [0.2, 0.25) is 0 Å². The van der Waals surface area contributed by atoms with Gasteiger partial charge in [-0.3, -0.25) is 4.98 Å². The number of hydrogen-bond acceptors (Lipinski definition) is 4. The third kappa shape index (κ3) is 2.90. The molecule has 0 amide bonds. The Hall–Kier alpha value is -1.81. The molecule has 1 atom stereocenters. The van der Waals surface area contributed by atoms with Gasteiger partial charge in [-0.05, 0) is 44.7 Å². The first-order chi connectivity index (χ1) is 8.70. The number of nitrogens with zero attached hydrogens (tertiary/aromatic N) is 1. The number of rotatable bonds is 5. The molecule has 0 radical (unpaired) electrons. The molecule has 0 aliphatic carbocycles. The summed E-state index contributed by atoms with van der Waals surface area (Å²) in [7, 11) is 1.89. The molecule has 2 aromatic rings. The number of hydrogen-bond donors (Lipinski definition) is 1. The standard InChI is InChI=1S/C14H18N2O2/c1-10(2)18-12-7-11(8-16-9-12)14(15-3)13-5-4-6-17-13/h4-10,14-15H,1-3H3. The van der Waals surface area contributed by atoms with Crippen LogP contribution >= 0.6 is 0 Å². The van der Waals surface area contributed by atoms with Gasteiger partial charge in [0.25, 0.3) is 0 Å². The van der Waals surface area contributed by atoms with Crippen LogP contribution in [0.15, 0.2) is 41.3 Å². The van der Waals surface area contributed by atoms with Gasteiger partial charge >= 0.3 is 0 Å². The molecule has 0 aliphatic rings. The van der Waals surface area contributed by atoms with Crippen molar-refractivity contribution in [1.82, 2.24) is 10.3 Å². The van der Waals surface area contributed by atoms with Gasteiger partial charge in [0.1, 0.15) is 11.5 Å². The van der Waals surface area contributed by atoms with Gasteiger partial charge in [0.2, 0.25) is 0 Å². The van der Waals surface area contributed by atoms with Crippen LogP contribution in [-0.2, 0) is 0 Å². The second-order valence-electron chi connectivity index (χ2n) is 4.36. The number of ether oxygens (including phenoxy) is 1. The third-order valence-corrected chi connectivity index (χ3v) is 2.56. The van der Waals surface area contributed by atoms with Crippen molar-refractivity contribution in [3.05, 3.63) is 48.2 Å². The van der Waals surface area contributed by atoms with Crippen molar-refractivity contribution in [3.8, 4) is 5.75 Å². The maximum Gasteiger partial charge on any atom is 0.138 e. The van der Waals surface area contributed by atoms with Crippen molar-refractivity contribution < 1.29 is 9.15 Å². The molecular formula is C14H18N2O2. The van der Waals surface area contributed by atoms with Crippen molar-refractivity contribution in [1.29, 1.82) is 0 Å². The van der Waals surface area contributed by atoms with Gasteiger partial charge in [-0.1, -0.05) is 0 Å². The molecule has 0 spiro atoms. The first-order valence-electron chi connectivity index (χ1n) is 6.03. The molecule has 4 heteroatoms. The minimum Gasteiger partial charge on any atom is -0.489 e. The zero-order valence-electron chi connectivity index (χ0n) is 10.9. The zero-order chi connectivity index (χ0) is 13.0. The van der Waals surface area contributed by atoms with E-state index < -0.39 is 0 Å². The van der Waals surface area contributed by atoms with E-state index in [0.29, 0.717) is 0 Å². The number of furan rings is 1. The molecule has 2 aromatic heterocycles. The van der Waals surface area contributed by atoms with Gasteiger partial charge in [0.15, 0.2) is 0 Å². The Labute approximate surface area is 107 Å². The molecule has 2 rings (SSSR count). The summed E-state index contributed by atoms with van der Waals surface area (Å²) >= 11 is 0. The van der Waals surface area contributed by atoms with Crippen molar-refractivity contribution >= 4 is 0 Å². The SMILES string of the molecule is CNC(c1cncc(OC(C)C)c1)c1ccco1. The predicted molar refractivity (Wildman–Crippen MR) is 69.6 cm³/mol. The van der Waals surface area contributed by atoms with Crippen molar-refractivity contribution in [3.63, 3.8) is 0 Å². The van der Waals surface area contributed by atoms with Crippen molar-refractivity contribution in [2.45, 2.75) is 26.0 Å². The highest BCUT2D eigenvalue weighted by atomic mass is 16.5. The van der Waals surface area contributed by atoms with Gasteiger partial charge in [-0.15, -0.1) is 0 Å². The minimum absolute atomic E-state index is 0.0109. The molecule has 2 heterocycles. The lowest BCUT2D eigenvalue weighted by atomic mass is 10.1. The average Bonchev–Trinajstić information content (AvgIpc) is 2.83. The summed E-state index contributed by atoms with van der Waals surface area (Å²) in [5.74, 6) is 1.63. The zero-order valence-corrected chi connectivity index (χ0v) is 10.9. The van der Waals surface area contributed by atoms with E-state index in [2.05, 4.69) is 10.3 Å². The molecular weight excluding hydrogens is 228 g/mol. The van der Waals surface area contributed by atoms with Crippen LogP contribution in [0, 0.1) is 0 Å². The highest BCUT2D eigenvalue weighted by Crippen LogP contribution is 2.24. The highest BCUT2D eigenvalue weighted by molar-refractivity contribution is 5.30. The molecule has 0 saturated heterocycles. The van der Waals surface area contributed by atoms with Gasteiger partial charge in [-0.2, -0.15) is 0 Å². The molecule has 4 nitrogen and oxygen atoms in total. The van der Waals surface area contributed by atoms with Crippen LogP contribution in [0.25, 0.3) is 0 Å². The number of aromatic nitrogens is 1. The molecule has 0 aliphatic heterocycles. The summed E-state index contributed by atoms with van der Waals surface area (Å²) in [6.07, 6.45) is 5.34. The molecule has 0 fully saturated rings. The topological polar surface area (TPSA) is 47.3 Å². The second kappa shape index (κ2) is 5.69. The molecule has 96 valence electrons. The fraction of sp³-hybridized carbons (Fsp3) is 0.357. The molecule has 0 aromatic carbocycles. The Kier molecular flexibility index (Phi) is 3.99. The quantitative estimate of drug-likeness (QED) is 0.881. The van der Waals surface area contributed by atoms with E-state index in [1.54, 1.807) is 12.5 Å². The van der Waals surface area contributed by atoms with Crippen molar-refractivity contribution in [2.75, 3.05) is 7.05 Å². The Balaban J connectivity index is 2.26. The lowest BCUT2D eigenvalue weighted by Gasteiger charge is -2.15. The Morgan fingerprint density at radius 2 is 2.17 bits per heavy atom. The molecule has 0 bridgehead atoms. The van der Waals surface area contributed by atoms with Crippen LogP contribution < -0.4 is 10.1 Å². The highest BCUT2D eigenvalue weighted by Gasteiger charge is 2.15. The minimum atomic E-state index is -0.0109. The summed E-state index contributed by atoms with van der Waals surface area (Å²) in [6.45, 7) is 3.99. The maximum absolute atomic E-state index is 5.65. The predicted octanol–water partition coefficient (Wildman–Crippen LogP) is 2.77. The maximum atomic E-state index is 5.65. The van der Waals surface area contributed by atoms with Crippen LogP contribution in [-0.4, -0.2) is 18.1 Å². The van der Waals surface area contributed by atoms with Gasteiger partial charge in [-0.25, -0.2) is 0 Å². The summed E-state index contributed by atoms with van der Waals surface area (Å²) in [4.78, 5) is 4.21. The van der Waals surface area contributed by atoms with Crippen LogP contribution in [0.1, 0.15) is 31.2 Å². The Bertz CT molecular complexity index is 480. The average molecular weight is 246 g/mol. The first-order valence-corrected chi connectivity index (χ1v) is 6.03. The second-order valence-corrected chi connectivity index (χ2v) is 4.36. The number of pyridine rings is 1. The fourth-order valence-corrected chi connectivity index (χ4v) is 1.86. The summed E-state index contributed by atoms with van der Waals surface area (Å²) in [5, 5.41) is 3.21. The third-order valence-electron chi connectivity index (χ3n) is 2.56. The lowest BCUT2D eigenvalue weighted by molar-refractivity contribution is 0.241. The van der Waals surface area contributed by atoms with E-state index in [1.165, 1.54) is 0 Å². The van der Waals surface area contributed by atoms with Gasteiger partial charge in [0, 0.05) is 6.20 Å². The lowest BCUT2D eigenvalue weighted by Crippen LogP contribution is -2.17. The summed E-state index contributed by atoms with van der Waals surface area (Å²) in [5.41, 5.74) is 1.02. The van der Waals surface area contributed by atoms with E-state index in [-0.39, 0.29) is 12.1 Å². The molecule has 18 heavy (non-hydrogen) atoms. The van der Waals surface area contributed by atoms with E-state index in [9.17, 15) is 0 Å². The number of nitrogens with one attached hydrogen (secondary N) is 1. The normalized spacial score (nSPS) is 12.7. The molecule has 1 N–H and O–H groups in total. The fourth-order valence-electron chi connectivity index (χ4n) is 1.86. The van der Waals surface area contributed by atoms with Crippen LogP contribution in [0.5, 0.6) is 5.75 Å². The van der Waals surface area contributed by atoms with Gasteiger partial charge in [0.05, 0.1) is 24.6 Å². The van der Waals surface area contributed by atoms with Crippen molar-refractivity contribution in [2.24, 2.45) is 0 Å². The Morgan fingerprint density at radius 3 is 2.78 bits per heavy atom.